The highest BCUT2D eigenvalue weighted by molar-refractivity contribution is 5.98. The van der Waals surface area contributed by atoms with Gasteiger partial charge in [0.25, 0.3) is 5.91 Å². The van der Waals surface area contributed by atoms with Crippen LogP contribution in [-0.2, 0) is 12.0 Å². The van der Waals surface area contributed by atoms with Crippen molar-refractivity contribution in [3.8, 4) is 0 Å². The van der Waals surface area contributed by atoms with Gasteiger partial charge in [0, 0.05) is 37.8 Å². The summed E-state index contributed by atoms with van der Waals surface area (Å²) in [7, 11) is 0. The molecule has 1 aliphatic rings. The van der Waals surface area contributed by atoms with E-state index in [9.17, 15) is 4.79 Å². The molecular formula is C18H25N5O2. The molecule has 1 aliphatic heterocycles. The number of hydrogen-bond donors (Lipinski definition) is 2. The summed E-state index contributed by atoms with van der Waals surface area (Å²) < 4.78 is 5.36. The van der Waals surface area contributed by atoms with Gasteiger partial charge in [-0.1, -0.05) is 20.8 Å². The van der Waals surface area contributed by atoms with Gasteiger partial charge in [-0.15, -0.1) is 0 Å². The third-order valence-electron chi connectivity index (χ3n) is 4.10. The number of nitrogens with zero attached hydrogens (tertiary/aromatic N) is 3. The van der Waals surface area contributed by atoms with Crippen molar-refractivity contribution in [3.63, 3.8) is 0 Å². The first-order valence-electron chi connectivity index (χ1n) is 8.59. The van der Waals surface area contributed by atoms with Gasteiger partial charge in [0.15, 0.2) is 0 Å². The highest BCUT2D eigenvalue weighted by Gasteiger charge is 2.25. The molecule has 0 bridgehead atoms. The molecule has 1 fully saturated rings. The molecule has 0 aromatic carbocycles. The van der Waals surface area contributed by atoms with E-state index in [-0.39, 0.29) is 11.3 Å². The predicted molar refractivity (Wildman–Crippen MR) is 95.5 cm³/mol. The number of nitrogens with one attached hydrogen (secondary N) is 2. The van der Waals surface area contributed by atoms with Crippen LogP contribution < -0.4 is 10.6 Å². The van der Waals surface area contributed by atoms with Gasteiger partial charge in [0.05, 0.1) is 12.8 Å². The van der Waals surface area contributed by atoms with Crippen molar-refractivity contribution in [2.45, 2.75) is 32.7 Å². The maximum Gasteiger partial charge on any atom is 0.259 e. The molecule has 3 heterocycles. The van der Waals surface area contributed by atoms with E-state index in [4.69, 9.17) is 4.42 Å². The number of piperazine rings is 1. The summed E-state index contributed by atoms with van der Waals surface area (Å²) in [5, 5.41) is 6.50. The Balaban J connectivity index is 1.88. The molecule has 134 valence electrons. The second kappa shape index (κ2) is 7.23. The van der Waals surface area contributed by atoms with Gasteiger partial charge in [-0.25, -0.2) is 9.97 Å². The van der Waals surface area contributed by atoms with Crippen molar-refractivity contribution in [3.05, 3.63) is 41.7 Å². The Morgan fingerprint density at radius 3 is 2.76 bits per heavy atom. The number of carbonyl (C=O) groups excluding carboxylic acids is 1. The van der Waals surface area contributed by atoms with E-state index in [0.717, 1.165) is 18.8 Å². The molecule has 7 heteroatoms. The summed E-state index contributed by atoms with van der Waals surface area (Å²) in [6, 6.07) is 3.72. The van der Waals surface area contributed by atoms with E-state index in [1.165, 1.54) is 0 Å². The number of furan rings is 1. The van der Waals surface area contributed by atoms with Gasteiger partial charge < -0.3 is 20.0 Å². The summed E-state index contributed by atoms with van der Waals surface area (Å²) in [5.41, 5.74) is 0.305. The fourth-order valence-electron chi connectivity index (χ4n) is 2.66. The van der Waals surface area contributed by atoms with Crippen LogP contribution in [0.2, 0.25) is 0 Å². The van der Waals surface area contributed by atoms with E-state index in [1.54, 1.807) is 12.5 Å². The first-order valence-corrected chi connectivity index (χ1v) is 8.59. The molecule has 2 N–H and O–H groups in total. The van der Waals surface area contributed by atoms with Gasteiger partial charge in [-0.05, 0) is 12.1 Å². The highest BCUT2D eigenvalue weighted by atomic mass is 16.3. The Morgan fingerprint density at radius 2 is 2.12 bits per heavy atom. The van der Waals surface area contributed by atoms with Crippen molar-refractivity contribution in [1.29, 1.82) is 0 Å². The fourth-order valence-corrected chi connectivity index (χ4v) is 2.66. The van der Waals surface area contributed by atoms with Crippen molar-refractivity contribution in [1.82, 2.24) is 20.2 Å². The Kier molecular flexibility index (Phi) is 5.03. The van der Waals surface area contributed by atoms with Crippen molar-refractivity contribution in [2.24, 2.45) is 0 Å². The summed E-state index contributed by atoms with van der Waals surface area (Å²) in [6.45, 7) is 9.62. The van der Waals surface area contributed by atoms with E-state index in [2.05, 4.69) is 41.4 Å². The van der Waals surface area contributed by atoms with Crippen LogP contribution in [0.3, 0.4) is 0 Å². The molecule has 7 nitrogen and oxygen atoms in total. The molecule has 25 heavy (non-hydrogen) atoms. The summed E-state index contributed by atoms with van der Waals surface area (Å²) in [4.78, 5) is 23.8. The Labute approximate surface area is 147 Å². The van der Waals surface area contributed by atoms with Crippen LogP contribution in [0.5, 0.6) is 0 Å². The van der Waals surface area contributed by atoms with Gasteiger partial charge >= 0.3 is 0 Å². The number of aromatic nitrogens is 2. The number of amides is 1. The first-order chi connectivity index (χ1) is 11.9. The molecule has 0 aliphatic carbocycles. The molecule has 0 saturated carbocycles. The average Bonchev–Trinajstić information content (AvgIpc) is 3.12. The second-order valence-electron chi connectivity index (χ2n) is 7.18. The molecule has 2 aromatic rings. The lowest BCUT2D eigenvalue weighted by Gasteiger charge is -2.28. The zero-order valence-electron chi connectivity index (χ0n) is 15.0. The van der Waals surface area contributed by atoms with Crippen LogP contribution >= 0.6 is 0 Å². The molecule has 0 atom stereocenters. The standard InChI is InChI=1S/C18H25N5O2/c1-18(2,3)17-21-12-14(16(24)23-8-6-19-7-9-23)15(22-17)20-11-13-5-4-10-25-13/h4-5,10,12,19H,6-9,11H2,1-3H3,(H,20,21,22). The van der Waals surface area contributed by atoms with Crippen LogP contribution in [0.1, 0.15) is 42.7 Å². The lowest BCUT2D eigenvalue weighted by Crippen LogP contribution is -2.46. The minimum Gasteiger partial charge on any atom is -0.467 e. The third-order valence-corrected chi connectivity index (χ3v) is 4.10. The van der Waals surface area contributed by atoms with E-state index < -0.39 is 0 Å². The molecular weight excluding hydrogens is 318 g/mol. The number of hydrogen-bond acceptors (Lipinski definition) is 6. The summed E-state index contributed by atoms with van der Waals surface area (Å²) in [6.07, 6.45) is 3.27. The zero-order chi connectivity index (χ0) is 17.9. The molecule has 0 spiro atoms. The molecule has 0 unspecified atom stereocenters. The van der Waals surface area contributed by atoms with Crippen LogP contribution in [0, 0.1) is 0 Å². The van der Waals surface area contributed by atoms with Crippen molar-refractivity contribution < 1.29 is 9.21 Å². The van der Waals surface area contributed by atoms with Gasteiger partial charge in [0.2, 0.25) is 0 Å². The van der Waals surface area contributed by atoms with Crippen LogP contribution in [0.15, 0.2) is 29.0 Å². The highest BCUT2D eigenvalue weighted by Crippen LogP contribution is 2.23. The lowest BCUT2D eigenvalue weighted by molar-refractivity contribution is 0.0735. The molecule has 3 rings (SSSR count). The predicted octanol–water partition coefficient (Wildman–Crippen LogP) is 2.02. The monoisotopic (exact) mass is 343 g/mol. The van der Waals surface area contributed by atoms with E-state index in [0.29, 0.717) is 36.8 Å². The number of carbonyl (C=O) groups is 1. The topological polar surface area (TPSA) is 83.3 Å². The summed E-state index contributed by atoms with van der Waals surface area (Å²) >= 11 is 0. The minimum atomic E-state index is -0.197. The van der Waals surface area contributed by atoms with Gasteiger partial charge in [-0.3, -0.25) is 4.79 Å². The largest absolute Gasteiger partial charge is 0.467 e. The molecule has 2 aromatic heterocycles. The number of anilines is 1. The van der Waals surface area contributed by atoms with Crippen LogP contribution in [-0.4, -0.2) is 47.0 Å². The van der Waals surface area contributed by atoms with Gasteiger partial charge in [-0.2, -0.15) is 0 Å². The third kappa shape index (κ3) is 4.17. The van der Waals surface area contributed by atoms with Gasteiger partial charge in [0.1, 0.15) is 23.0 Å². The van der Waals surface area contributed by atoms with Crippen molar-refractivity contribution in [2.75, 3.05) is 31.5 Å². The quantitative estimate of drug-likeness (QED) is 0.884. The Hall–Kier alpha value is -2.41. The maximum absolute atomic E-state index is 12.9. The minimum absolute atomic E-state index is 0.0381. The lowest BCUT2D eigenvalue weighted by atomic mass is 9.95. The normalized spacial score (nSPS) is 15.2. The molecule has 0 radical (unpaired) electrons. The molecule has 1 amide bonds. The van der Waals surface area contributed by atoms with Crippen molar-refractivity contribution >= 4 is 11.7 Å². The second-order valence-corrected chi connectivity index (χ2v) is 7.18. The van der Waals surface area contributed by atoms with E-state index >= 15 is 0 Å². The molecule has 1 saturated heterocycles. The summed E-state index contributed by atoms with van der Waals surface area (Å²) in [5.74, 6) is 2.01. The van der Waals surface area contributed by atoms with Crippen LogP contribution in [0.4, 0.5) is 5.82 Å². The smallest absolute Gasteiger partial charge is 0.259 e. The van der Waals surface area contributed by atoms with E-state index in [1.807, 2.05) is 17.0 Å². The average molecular weight is 343 g/mol. The number of rotatable bonds is 4. The zero-order valence-corrected chi connectivity index (χ0v) is 15.0. The Morgan fingerprint density at radius 1 is 1.36 bits per heavy atom. The Bertz CT molecular complexity index is 716. The SMILES string of the molecule is CC(C)(C)c1ncc(C(=O)N2CCNCC2)c(NCc2ccco2)n1. The first kappa shape index (κ1) is 17.4. The fraction of sp³-hybridized carbons (Fsp3) is 0.500. The maximum atomic E-state index is 12.9. The van der Waals surface area contributed by atoms with Crippen LogP contribution in [0.25, 0.3) is 0 Å².